The zero-order chi connectivity index (χ0) is 22.6. The van der Waals surface area contributed by atoms with Crippen molar-refractivity contribution in [2.24, 2.45) is 0 Å². The van der Waals surface area contributed by atoms with E-state index in [4.69, 9.17) is 0 Å². The number of aliphatic hydroxyl groups is 1. The molecule has 0 bridgehead atoms. The van der Waals surface area contributed by atoms with Gasteiger partial charge in [-0.1, -0.05) is 75.9 Å². The van der Waals surface area contributed by atoms with Crippen molar-refractivity contribution in [2.75, 3.05) is 0 Å². The van der Waals surface area contributed by atoms with E-state index in [1.54, 1.807) is 9.25 Å². The third-order valence-corrected chi connectivity index (χ3v) is 5.62. The number of aliphatic hydroxyl groups excluding tert-OH is 1. The average Bonchev–Trinajstić information content (AvgIpc) is 3.02. The van der Waals surface area contributed by atoms with E-state index in [0.717, 1.165) is 36.2 Å². The molecule has 0 atom stereocenters. The van der Waals surface area contributed by atoms with E-state index >= 15 is 0 Å². The van der Waals surface area contributed by atoms with Gasteiger partial charge in [-0.05, 0) is 41.9 Å². The van der Waals surface area contributed by atoms with Crippen LogP contribution in [0.4, 0.5) is 0 Å². The van der Waals surface area contributed by atoms with Crippen molar-refractivity contribution in [3.63, 3.8) is 0 Å². The van der Waals surface area contributed by atoms with Crippen molar-refractivity contribution in [1.29, 1.82) is 0 Å². The summed E-state index contributed by atoms with van der Waals surface area (Å²) in [5, 5.41) is 14.1. The molecule has 2 aromatic carbocycles. The number of benzene rings is 2. The second-order valence-corrected chi connectivity index (χ2v) is 9.04. The molecule has 0 aliphatic rings. The van der Waals surface area contributed by atoms with Gasteiger partial charge in [0.25, 0.3) is 0 Å². The van der Waals surface area contributed by atoms with Gasteiger partial charge < -0.3 is 5.11 Å². The van der Waals surface area contributed by atoms with Gasteiger partial charge >= 0.3 is 5.69 Å². The first-order chi connectivity index (χ1) is 14.7. The summed E-state index contributed by atoms with van der Waals surface area (Å²) in [5.74, 6) is 0.913. The highest BCUT2D eigenvalue weighted by Gasteiger charge is 2.15. The van der Waals surface area contributed by atoms with Crippen molar-refractivity contribution < 1.29 is 5.11 Å². The molecule has 1 aromatic heterocycles. The Bertz CT molecular complexity index is 1080. The number of aromatic nitrogens is 3. The van der Waals surface area contributed by atoms with Gasteiger partial charge in [0.2, 0.25) is 0 Å². The highest BCUT2D eigenvalue weighted by molar-refractivity contribution is 5.55. The van der Waals surface area contributed by atoms with E-state index < -0.39 is 0 Å². The van der Waals surface area contributed by atoms with Gasteiger partial charge in [0.05, 0.1) is 6.54 Å². The summed E-state index contributed by atoms with van der Waals surface area (Å²) in [6, 6.07) is 16.2. The Morgan fingerprint density at radius 1 is 1.00 bits per heavy atom. The number of aryl methyl sites for hydroxylation is 2. The maximum absolute atomic E-state index is 12.8. The molecule has 0 fully saturated rings. The van der Waals surface area contributed by atoms with Crippen molar-refractivity contribution >= 4 is 5.76 Å². The number of hydrogen-bond acceptors (Lipinski definition) is 3. The van der Waals surface area contributed by atoms with E-state index in [2.05, 4.69) is 56.7 Å². The predicted molar refractivity (Wildman–Crippen MR) is 127 cm³/mol. The fraction of sp³-hybridized carbons (Fsp3) is 0.385. The maximum atomic E-state index is 12.8. The summed E-state index contributed by atoms with van der Waals surface area (Å²) in [7, 11) is 0. The highest BCUT2D eigenvalue weighted by Crippen LogP contribution is 2.22. The molecule has 164 valence electrons. The third-order valence-electron chi connectivity index (χ3n) is 5.62. The smallest absolute Gasteiger partial charge is 0.346 e. The molecule has 0 radical (unpaired) electrons. The third kappa shape index (κ3) is 5.54. The van der Waals surface area contributed by atoms with Crippen molar-refractivity contribution in [3.05, 3.63) is 93.7 Å². The molecule has 0 aliphatic carbocycles. The molecule has 3 aromatic rings. The molecule has 1 heterocycles. The van der Waals surface area contributed by atoms with Crippen molar-refractivity contribution in [3.8, 4) is 0 Å². The first-order valence-corrected chi connectivity index (χ1v) is 10.9. The lowest BCUT2D eigenvalue weighted by Gasteiger charge is -2.19. The summed E-state index contributed by atoms with van der Waals surface area (Å²) in [6.07, 6.45) is 2.53. The SMILES string of the molecule is C=C(O)c1ccc(CCCc2nn(Cc3ccc(C(C)(C)C)cc3)c(=O)n2CC)cc1. The molecule has 0 saturated carbocycles. The van der Waals surface area contributed by atoms with Crippen LogP contribution in [0.5, 0.6) is 0 Å². The summed E-state index contributed by atoms with van der Waals surface area (Å²) in [4.78, 5) is 12.8. The van der Waals surface area contributed by atoms with Crippen LogP contribution in [0.15, 0.2) is 59.9 Å². The topological polar surface area (TPSA) is 60.1 Å². The van der Waals surface area contributed by atoms with Gasteiger partial charge in [-0.25, -0.2) is 9.48 Å². The average molecular weight is 420 g/mol. The summed E-state index contributed by atoms with van der Waals surface area (Å²) in [5.41, 5.74) is 4.33. The quantitative estimate of drug-likeness (QED) is 0.516. The molecule has 3 rings (SSSR count). The van der Waals surface area contributed by atoms with E-state index in [-0.39, 0.29) is 16.9 Å². The zero-order valence-corrected chi connectivity index (χ0v) is 19.1. The van der Waals surface area contributed by atoms with Crippen molar-refractivity contribution in [2.45, 2.75) is 65.5 Å². The van der Waals surface area contributed by atoms with Crippen LogP contribution in [0.3, 0.4) is 0 Å². The minimum Gasteiger partial charge on any atom is -0.508 e. The van der Waals surface area contributed by atoms with Gasteiger partial charge in [-0.3, -0.25) is 4.57 Å². The van der Waals surface area contributed by atoms with Crippen LogP contribution in [-0.2, 0) is 31.3 Å². The number of hydrogen-bond donors (Lipinski definition) is 1. The monoisotopic (exact) mass is 419 g/mol. The fourth-order valence-electron chi connectivity index (χ4n) is 3.69. The molecule has 5 heteroatoms. The largest absolute Gasteiger partial charge is 0.508 e. The van der Waals surface area contributed by atoms with Crippen LogP contribution in [-0.4, -0.2) is 19.5 Å². The number of nitrogens with zero attached hydrogens (tertiary/aromatic N) is 3. The lowest BCUT2D eigenvalue weighted by atomic mass is 9.87. The first kappa shape index (κ1) is 22.6. The van der Waals surface area contributed by atoms with E-state index in [1.165, 1.54) is 11.1 Å². The zero-order valence-electron chi connectivity index (χ0n) is 19.1. The first-order valence-electron chi connectivity index (χ1n) is 10.9. The molecule has 0 spiro atoms. The fourth-order valence-corrected chi connectivity index (χ4v) is 3.69. The Balaban J connectivity index is 1.67. The van der Waals surface area contributed by atoms with Crippen LogP contribution in [0.1, 0.15) is 62.2 Å². The van der Waals surface area contributed by atoms with Crippen LogP contribution in [0.25, 0.3) is 5.76 Å². The molecule has 0 amide bonds. The molecular weight excluding hydrogens is 386 g/mol. The lowest BCUT2D eigenvalue weighted by Crippen LogP contribution is -2.25. The standard InChI is InChI=1S/C26H33N3O2/c1-6-28-24(9-7-8-20-10-14-22(15-11-20)19(2)30)27-29(25(28)31)18-21-12-16-23(17-13-21)26(3,4)5/h10-17,30H,2,6-9,18H2,1,3-5H3. The van der Waals surface area contributed by atoms with E-state index in [9.17, 15) is 9.90 Å². The molecule has 0 unspecified atom stereocenters. The summed E-state index contributed by atoms with van der Waals surface area (Å²) < 4.78 is 3.34. The molecule has 5 nitrogen and oxygen atoms in total. The highest BCUT2D eigenvalue weighted by atomic mass is 16.3. The second-order valence-electron chi connectivity index (χ2n) is 9.04. The van der Waals surface area contributed by atoms with Gasteiger partial charge in [-0.2, -0.15) is 5.10 Å². The Morgan fingerprint density at radius 3 is 2.16 bits per heavy atom. The molecule has 31 heavy (non-hydrogen) atoms. The van der Waals surface area contributed by atoms with Gasteiger partial charge in [0, 0.05) is 18.5 Å². The minimum absolute atomic E-state index is 0.0526. The van der Waals surface area contributed by atoms with E-state index in [1.807, 2.05) is 31.2 Å². The van der Waals surface area contributed by atoms with Crippen LogP contribution in [0, 0.1) is 0 Å². The molecular formula is C26H33N3O2. The van der Waals surface area contributed by atoms with Crippen LogP contribution >= 0.6 is 0 Å². The Labute approximate surface area is 184 Å². The molecule has 0 aliphatic heterocycles. The summed E-state index contributed by atoms with van der Waals surface area (Å²) in [6.45, 7) is 13.2. The lowest BCUT2D eigenvalue weighted by molar-refractivity contribution is 0.514. The van der Waals surface area contributed by atoms with Crippen molar-refractivity contribution in [1.82, 2.24) is 14.3 Å². The normalized spacial score (nSPS) is 11.6. The van der Waals surface area contributed by atoms with Gasteiger partial charge in [0.1, 0.15) is 11.6 Å². The maximum Gasteiger partial charge on any atom is 0.346 e. The molecule has 0 saturated heterocycles. The minimum atomic E-state index is -0.0526. The van der Waals surface area contributed by atoms with E-state index in [0.29, 0.717) is 13.1 Å². The van der Waals surface area contributed by atoms with Crippen LogP contribution in [0.2, 0.25) is 0 Å². The van der Waals surface area contributed by atoms with Gasteiger partial charge in [-0.15, -0.1) is 0 Å². The Kier molecular flexibility index (Phi) is 6.84. The van der Waals surface area contributed by atoms with Crippen LogP contribution < -0.4 is 5.69 Å². The molecule has 1 N–H and O–H groups in total. The number of rotatable bonds is 8. The summed E-state index contributed by atoms with van der Waals surface area (Å²) >= 11 is 0. The Morgan fingerprint density at radius 2 is 1.61 bits per heavy atom. The second kappa shape index (κ2) is 9.38. The Hall–Kier alpha value is -3.08. The predicted octanol–water partition coefficient (Wildman–Crippen LogP) is 5.11. The van der Waals surface area contributed by atoms with Gasteiger partial charge in [0.15, 0.2) is 0 Å².